The van der Waals surface area contributed by atoms with Crippen LogP contribution in [0.25, 0.3) is 22.2 Å². The Bertz CT molecular complexity index is 1310. The molecule has 6 nitrogen and oxygen atoms in total. The van der Waals surface area contributed by atoms with Crippen LogP contribution < -0.4 is 5.49 Å². The minimum atomic E-state index is -0.527. The summed E-state index contributed by atoms with van der Waals surface area (Å²) in [5.41, 5.74) is 2.46. The van der Waals surface area contributed by atoms with E-state index in [2.05, 4.69) is 10.1 Å². The van der Waals surface area contributed by atoms with Crippen molar-refractivity contribution < 1.29 is 9.18 Å². The van der Waals surface area contributed by atoms with E-state index in [1.807, 2.05) is 30.3 Å². The van der Waals surface area contributed by atoms with Gasteiger partial charge in [-0.2, -0.15) is 5.10 Å². The predicted molar refractivity (Wildman–Crippen MR) is 107 cm³/mol. The van der Waals surface area contributed by atoms with Gasteiger partial charge in [-0.05, 0) is 54.1 Å². The van der Waals surface area contributed by atoms with Gasteiger partial charge in [0.2, 0.25) is 0 Å². The highest BCUT2D eigenvalue weighted by atomic mass is 19.1. The predicted octanol–water partition coefficient (Wildman–Crippen LogP) is 3.60. The van der Waals surface area contributed by atoms with Crippen LogP contribution in [0.5, 0.6) is 0 Å². The number of hydrogen-bond acceptors (Lipinski definition) is 5. The number of nitrogens with one attached hydrogen (secondary N) is 2. The number of carbonyl (C=O) groups excluding carboxylic acids is 1. The van der Waals surface area contributed by atoms with E-state index in [0.717, 1.165) is 21.1 Å². The molecule has 0 amide bonds. The van der Waals surface area contributed by atoms with Crippen LogP contribution in [0.1, 0.15) is 15.9 Å². The second kappa shape index (κ2) is 7.55. The van der Waals surface area contributed by atoms with E-state index in [4.69, 9.17) is 10.8 Å². The van der Waals surface area contributed by atoms with Crippen molar-refractivity contribution in [1.29, 1.82) is 10.8 Å². The molecule has 0 bridgehead atoms. The van der Waals surface area contributed by atoms with Gasteiger partial charge < -0.3 is 0 Å². The number of hydrogen-bond donors (Lipinski definition) is 2. The maximum Gasteiger partial charge on any atom is 0.150 e. The lowest BCUT2D eigenvalue weighted by Crippen LogP contribution is -2.30. The van der Waals surface area contributed by atoms with Gasteiger partial charge in [-0.25, -0.2) is 9.07 Å². The number of aromatic nitrogens is 3. The second-order valence-electron chi connectivity index (χ2n) is 6.53. The van der Waals surface area contributed by atoms with Crippen LogP contribution >= 0.6 is 0 Å². The summed E-state index contributed by atoms with van der Waals surface area (Å²) in [6, 6.07) is 16.4. The van der Waals surface area contributed by atoms with Gasteiger partial charge in [-0.15, -0.1) is 0 Å². The van der Waals surface area contributed by atoms with E-state index in [9.17, 15) is 9.18 Å². The van der Waals surface area contributed by atoms with Gasteiger partial charge in [-0.1, -0.05) is 12.1 Å². The smallest absolute Gasteiger partial charge is 0.150 e. The van der Waals surface area contributed by atoms with Crippen molar-refractivity contribution in [1.82, 2.24) is 14.8 Å². The number of benzene rings is 2. The molecule has 0 aliphatic carbocycles. The quantitative estimate of drug-likeness (QED) is 0.319. The van der Waals surface area contributed by atoms with E-state index < -0.39 is 5.82 Å². The minimum Gasteiger partial charge on any atom is -0.298 e. The number of nitrogens with zero attached hydrogens (tertiary/aromatic N) is 3. The normalized spacial score (nSPS) is 10.8. The number of rotatable bonds is 4. The molecule has 0 unspecified atom stereocenters. The first-order valence-corrected chi connectivity index (χ1v) is 8.87. The standard InChI is InChI=1S/C22H16FN5O/c23-18-5-3-15(13-29)11-17(18)20-7-8-21(24)28(27-20)22(25)12-14-4-6-19-16(10-14)2-1-9-26-19/h1-11,13,24-25H,12H2. The average Bonchev–Trinajstić information content (AvgIpc) is 2.74. The summed E-state index contributed by atoms with van der Waals surface area (Å²) in [6.45, 7) is 0. The van der Waals surface area contributed by atoms with Crippen molar-refractivity contribution in [3.63, 3.8) is 0 Å². The van der Waals surface area contributed by atoms with Gasteiger partial charge in [0, 0.05) is 29.1 Å². The number of halogens is 1. The van der Waals surface area contributed by atoms with E-state index in [-0.39, 0.29) is 29.0 Å². The average molecular weight is 385 g/mol. The Morgan fingerprint density at radius 3 is 2.79 bits per heavy atom. The first-order valence-electron chi connectivity index (χ1n) is 8.87. The van der Waals surface area contributed by atoms with Gasteiger partial charge in [0.05, 0.1) is 11.2 Å². The van der Waals surface area contributed by atoms with Crippen LogP contribution in [0, 0.1) is 16.6 Å². The van der Waals surface area contributed by atoms with Crippen molar-refractivity contribution in [3.05, 3.63) is 89.3 Å². The molecule has 0 saturated heterocycles. The number of fused-ring (bicyclic) bond motifs is 1. The zero-order chi connectivity index (χ0) is 20.4. The molecule has 7 heteroatoms. The third-order valence-electron chi connectivity index (χ3n) is 4.53. The second-order valence-corrected chi connectivity index (χ2v) is 6.53. The molecule has 0 aliphatic heterocycles. The van der Waals surface area contributed by atoms with Gasteiger partial charge in [0.15, 0.2) is 0 Å². The lowest BCUT2D eigenvalue weighted by atomic mass is 10.1. The van der Waals surface area contributed by atoms with E-state index in [0.29, 0.717) is 11.8 Å². The maximum atomic E-state index is 14.2. The third-order valence-corrected chi connectivity index (χ3v) is 4.53. The molecule has 0 atom stereocenters. The van der Waals surface area contributed by atoms with E-state index in [1.54, 1.807) is 6.20 Å². The van der Waals surface area contributed by atoms with Crippen LogP contribution in [0.15, 0.2) is 66.9 Å². The van der Waals surface area contributed by atoms with Crippen molar-refractivity contribution in [2.75, 3.05) is 0 Å². The summed E-state index contributed by atoms with van der Waals surface area (Å²) < 4.78 is 15.4. The molecule has 2 heterocycles. The molecule has 2 N–H and O–H groups in total. The van der Waals surface area contributed by atoms with Crippen molar-refractivity contribution in [2.24, 2.45) is 0 Å². The molecule has 4 rings (SSSR count). The van der Waals surface area contributed by atoms with Gasteiger partial charge in [-0.3, -0.25) is 20.6 Å². The first-order chi connectivity index (χ1) is 14.0. The van der Waals surface area contributed by atoms with Crippen LogP contribution in [-0.4, -0.2) is 26.9 Å². The summed E-state index contributed by atoms with van der Waals surface area (Å²) in [7, 11) is 0. The van der Waals surface area contributed by atoms with Crippen molar-refractivity contribution >= 4 is 23.0 Å². The zero-order valence-electron chi connectivity index (χ0n) is 15.3. The Morgan fingerprint density at radius 1 is 1.10 bits per heavy atom. The first kappa shape index (κ1) is 18.4. The number of aldehydes is 1. The summed E-state index contributed by atoms with van der Waals surface area (Å²) >= 11 is 0. The SMILES string of the molecule is N=C(Cc1ccc2ncccc2c1)n1nc(-c2cc(C=O)ccc2F)ccc1=N. The molecule has 142 valence electrons. The van der Waals surface area contributed by atoms with Crippen LogP contribution in [0.4, 0.5) is 4.39 Å². The molecule has 4 aromatic rings. The van der Waals surface area contributed by atoms with Gasteiger partial charge in [0.25, 0.3) is 0 Å². The van der Waals surface area contributed by atoms with Crippen LogP contribution in [0.2, 0.25) is 0 Å². The maximum absolute atomic E-state index is 14.2. The number of pyridine rings is 1. The van der Waals surface area contributed by atoms with Gasteiger partial charge >= 0.3 is 0 Å². The van der Waals surface area contributed by atoms with Gasteiger partial charge in [0.1, 0.15) is 23.4 Å². The summed E-state index contributed by atoms with van der Waals surface area (Å²) in [5.74, 6) is -0.451. The Hall–Kier alpha value is -4.00. The lowest BCUT2D eigenvalue weighted by Gasteiger charge is -2.11. The molecule has 29 heavy (non-hydrogen) atoms. The highest BCUT2D eigenvalue weighted by molar-refractivity contribution is 5.85. The number of carbonyl (C=O) groups is 1. The Labute approximate surface area is 165 Å². The summed E-state index contributed by atoms with van der Waals surface area (Å²) in [4.78, 5) is 15.3. The topological polar surface area (TPSA) is 95.5 Å². The molecule has 0 saturated carbocycles. The fourth-order valence-electron chi connectivity index (χ4n) is 3.09. The molecular weight excluding hydrogens is 369 g/mol. The van der Waals surface area contributed by atoms with Crippen molar-refractivity contribution in [3.8, 4) is 11.3 Å². The fourth-order valence-corrected chi connectivity index (χ4v) is 3.09. The van der Waals surface area contributed by atoms with Crippen molar-refractivity contribution in [2.45, 2.75) is 6.42 Å². The third kappa shape index (κ3) is 3.70. The summed E-state index contributed by atoms with van der Waals surface area (Å²) in [5, 5.41) is 21.7. The Morgan fingerprint density at radius 2 is 1.97 bits per heavy atom. The molecular formula is C22H16FN5O. The fraction of sp³-hybridized carbons (Fsp3) is 0.0455. The largest absolute Gasteiger partial charge is 0.298 e. The van der Waals surface area contributed by atoms with E-state index in [1.165, 1.54) is 30.3 Å². The van der Waals surface area contributed by atoms with Crippen LogP contribution in [-0.2, 0) is 6.42 Å². The molecule has 0 radical (unpaired) electrons. The molecule has 0 fully saturated rings. The summed E-state index contributed by atoms with van der Waals surface area (Å²) in [6.07, 6.45) is 2.60. The monoisotopic (exact) mass is 385 g/mol. The zero-order valence-corrected chi connectivity index (χ0v) is 15.3. The Balaban J connectivity index is 1.69. The highest BCUT2D eigenvalue weighted by Gasteiger charge is 2.11. The van der Waals surface area contributed by atoms with E-state index >= 15 is 0 Å². The lowest BCUT2D eigenvalue weighted by molar-refractivity contribution is 0.112. The molecule has 0 spiro atoms. The highest BCUT2D eigenvalue weighted by Crippen LogP contribution is 2.21. The molecule has 0 aliphatic rings. The minimum absolute atomic E-state index is 0.00755. The van der Waals surface area contributed by atoms with Crippen LogP contribution in [0.3, 0.4) is 0 Å². The molecule has 2 aromatic heterocycles. The Kier molecular flexibility index (Phi) is 4.78. The molecule has 2 aromatic carbocycles.